The number of aliphatic hydroxyl groups is 1. The molecule has 2 amide bonds. The third kappa shape index (κ3) is 5.21. The van der Waals surface area contributed by atoms with Crippen LogP contribution in [-0.4, -0.2) is 46.6 Å². The fourth-order valence-electron chi connectivity index (χ4n) is 5.56. The van der Waals surface area contributed by atoms with Crippen molar-refractivity contribution in [3.05, 3.63) is 81.8 Å². The number of pyridine rings is 2. The van der Waals surface area contributed by atoms with Gasteiger partial charge >= 0.3 is 0 Å². The summed E-state index contributed by atoms with van der Waals surface area (Å²) in [7, 11) is 1.20. The third-order valence-electron chi connectivity index (χ3n) is 7.59. The van der Waals surface area contributed by atoms with Crippen LogP contribution in [-0.2, 0) is 10.4 Å². The molecule has 0 bridgehead atoms. The molecule has 2 N–H and O–H groups in total. The van der Waals surface area contributed by atoms with E-state index in [0.29, 0.717) is 25.7 Å². The van der Waals surface area contributed by atoms with Crippen molar-refractivity contribution in [2.24, 2.45) is 5.92 Å². The summed E-state index contributed by atoms with van der Waals surface area (Å²) in [6, 6.07) is 5.45. The van der Waals surface area contributed by atoms with Crippen molar-refractivity contribution >= 4 is 29.1 Å². The lowest BCUT2D eigenvalue weighted by atomic mass is 9.85. The predicted octanol–water partition coefficient (Wildman–Crippen LogP) is 4.93. The number of carbonyl (C=O) groups excluding carboxylic acids is 2. The molecule has 1 atom stereocenters. The number of nitrogens with one attached hydrogen (secondary N) is 1. The molecule has 41 heavy (non-hydrogen) atoms. The smallest absolute Gasteiger partial charge is 0.281 e. The van der Waals surface area contributed by atoms with Crippen LogP contribution in [0.1, 0.15) is 59.3 Å². The van der Waals surface area contributed by atoms with Crippen molar-refractivity contribution in [2.75, 3.05) is 18.6 Å². The Morgan fingerprint density at radius 1 is 1.17 bits per heavy atom. The molecule has 0 spiro atoms. The number of anilines is 1. The Hall–Kier alpha value is -3.77. The van der Waals surface area contributed by atoms with Crippen molar-refractivity contribution in [1.29, 1.82) is 0 Å². The molecule has 0 radical (unpaired) electrons. The van der Waals surface area contributed by atoms with Gasteiger partial charge in [0, 0.05) is 36.1 Å². The number of ether oxygens (including phenoxy) is 1. The zero-order chi connectivity index (χ0) is 29.5. The Balaban J connectivity index is 1.32. The van der Waals surface area contributed by atoms with E-state index in [4.69, 9.17) is 16.3 Å². The largest absolute Gasteiger partial charge is 0.479 e. The third-order valence-corrected chi connectivity index (χ3v) is 7.80. The van der Waals surface area contributed by atoms with Crippen molar-refractivity contribution in [3.63, 3.8) is 0 Å². The van der Waals surface area contributed by atoms with Gasteiger partial charge in [0.05, 0.1) is 23.4 Å². The van der Waals surface area contributed by atoms with E-state index >= 15 is 4.39 Å². The fraction of sp³-hybridized carbons (Fsp3) is 0.357. The van der Waals surface area contributed by atoms with Crippen LogP contribution in [0.5, 0.6) is 5.88 Å². The van der Waals surface area contributed by atoms with Gasteiger partial charge in [-0.05, 0) is 55.9 Å². The number of fused-ring (bicyclic) bond motifs is 1. The van der Waals surface area contributed by atoms with E-state index in [2.05, 4.69) is 15.3 Å². The molecule has 1 saturated carbocycles. The normalized spacial score (nSPS) is 22.1. The second kappa shape index (κ2) is 11.2. The molecule has 2 aromatic heterocycles. The summed E-state index contributed by atoms with van der Waals surface area (Å²) >= 11 is 5.86. The van der Waals surface area contributed by atoms with Gasteiger partial charge in [0.25, 0.3) is 24.1 Å². The summed E-state index contributed by atoms with van der Waals surface area (Å²) in [4.78, 5) is 35.0. The molecule has 1 aliphatic heterocycles. The van der Waals surface area contributed by atoms with Crippen LogP contribution >= 0.6 is 11.6 Å². The van der Waals surface area contributed by atoms with Crippen LogP contribution in [0.3, 0.4) is 0 Å². The number of alkyl halides is 2. The van der Waals surface area contributed by atoms with E-state index in [1.807, 2.05) is 0 Å². The Bertz CT molecular complexity index is 1500. The van der Waals surface area contributed by atoms with E-state index in [1.54, 1.807) is 0 Å². The van der Waals surface area contributed by atoms with E-state index in [9.17, 15) is 27.9 Å². The molecule has 0 saturated heterocycles. The molecule has 216 valence electrons. The zero-order valence-electron chi connectivity index (χ0n) is 21.7. The van der Waals surface area contributed by atoms with Crippen LogP contribution in [0.25, 0.3) is 0 Å². The highest BCUT2D eigenvalue weighted by Gasteiger charge is 2.53. The Morgan fingerprint density at radius 3 is 2.59 bits per heavy atom. The molecule has 5 rings (SSSR count). The Labute approximate surface area is 237 Å². The Morgan fingerprint density at radius 2 is 1.90 bits per heavy atom. The highest BCUT2D eigenvalue weighted by Crippen LogP contribution is 2.47. The summed E-state index contributed by atoms with van der Waals surface area (Å²) in [6.45, 7) is 0.107. The number of hydrogen-bond donors (Lipinski definition) is 2. The number of hydrogen-bond acceptors (Lipinski definition) is 6. The highest BCUT2D eigenvalue weighted by atomic mass is 35.5. The maximum absolute atomic E-state index is 15.2. The number of halogens is 5. The average molecular weight is 593 g/mol. The number of benzene rings is 1. The molecule has 2 aliphatic rings. The van der Waals surface area contributed by atoms with Gasteiger partial charge in [0.1, 0.15) is 11.5 Å². The molecule has 13 heteroatoms. The maximum atomic E-state index is 15.2. The second-order valence-corrected chi connectivity index (χ2v) is 10.5. The molecule has 3 heterocycles. The van der Waals surface area contributed by atoms with Gasteiger partial charge in [-0.2, -0.15) is 0 Å². The van der Waals surface area contributed by atoms with Crippen molar-refractivity contribution in [3.8, 4) is 5.88 Å². The van der Waals surface area contributed by atoms with Crippen molar-refractivity contribution < 1.29 is 37.0 Å². The molecule has 3 aromatic rings. The summed E-state index contributed by atoms with van der Waals surface area (Å²) in [5, 5.41) is 14.5. The topological polar surface area (TPSA) is 105 Å². The minimum Gasteiger partial charge on any atom is -0.479 e. The average Bonchev–Trinajstić information content (AvgIpc) is 3.15. The standard InChI is InChI=1S/C28H25ClF4N4O4/c1-41-26-22(31)20(8-9-34-26)28(40)19-7-4-16(30)11-21(19)37(27(28)39)13-14-2-5-17(6-3-14)36-25(38)18-10-15(29)12-35-23(18)24(32)33/h4,7-12,14,17,24,40H,2-3,5-6,13H2,1H3,(H,36,38). The zero-order valence-corrected chi connectivity index (χ0v) is 22.5. The first kappa shape index (κ1) is 28.7. The van der Waals surface area contributed by atoms with Gasteiger partial charge in [0.15, 0.2) is 11.4 Å². The van der Waals surface area contributed by atoms with Gasteiger partial charge in [-0.15, -0.1) is 0 Å². The van der Waals surface area contributed by atoms with Crippen molar-refractivity contribution in [1.82, 2.24) is 15.3 Å². The molecule has 1 aromatic carbocycles. The lowest BCUT2D eigenvalue weighted by Gasteiger charge is -2.32. The van der Waals surface area contributed by atoms with Crippen LogP contribution in [0.15, 0.2) is 42.7 Å². The van der Waals surface area contributed by atoms with Crippen LogP contribution in [0.4, 0.5) is 23.2 Å². The maximum Gasteiger partial charge on any atom is 0.281 e. The molecule has 1 fully saturated rings. The van der Waals surface area contributed by atoms with Crippen LogP contribution < -0.4 is 15.0 Å². The van der Waals surface area contributed by atoms with Gasteiger partial charge in [-0.25, -0.2) is 22.5 Å². The quantitative estimate of drug-likeness (QED) is 0.377. The molecular formula is C28H25ClF4N4O4. The van der Waals surface area contributed by atoms with E-state index < -0.39 is 47.0 Å². The van der Waals surface area contributed by atoms with Gasteiger partial charge in [-0.1, -0.05) is 17.7 Å². The number of methoxy groups -OCH3 is 1. The molecule has 1 aliphatic carbocycles. The Kier molecular flexibility index (Phi) is 7.89. The number of amides is 2. The minimum atomic E-state index is -2.95. The lowest BCUT2D eigenvalue weighted by molar-refractivity contribution is -0.132. The van der Waals surface area contributed by atoms with Crippen LogP contribution in [0.2, 0.25) is 5.02 Å². The molecular weight excluding hydrogens is 568 g/mol. The SMILES string of the molecule is COc1nccc(C2(O)C(=O)N(CC3CCC(NC(=O)c4cc(Cl)cnc4C(F)F)CC3)c3cc(F)ccc32)c1F. The molecule has 8 nitrogen and oxygen atoms in total. The van der Waals surface area contributed by atoms with Gasteiger partial charge in [-0.3, -0.25) is 14.6 Å². The summed E-state index contributed by atoms with van der Waals surface area (Å²) in [5.41, 5.74) is -3.60. The first-order valence-electron chi connectivity index (χ1n) is 12.8. The first-order valence-corrected chi connectivity index (χ1v) is 13.2. The lowest BCUT2D eigenvalue weighted by Crippen LogP contribution is -2.45. The van der Waals surface area contributed by atoms with E-state index in [-0.39, 0.29) is 45.9 Å². The van der Waals surface area contributed by atoms with E-state index in [0.717, 1.165) is 24.4 Å². The minimum absolute atomic E-state index is 0.0296. The van der Waals surface area contributed by atoms with Gasteiger partial charge in [0.2, 0.25) is 0 Å². The number of nitrogens with zero attached hydrogens (tertiary/aromatic N) is 3. The molecule has 1 unspecified atom stereocenters. The number of carbonyl (C=O) groups is 2. The first-order chi connectivity index (χ1) is 19.5. The van der Waals surface area contributed by atoms with E-state index in [1.165, 1.54) is 30.3 Å². The monoisotopic (exact) mass is 592 g/mol. The second-order valence-electron chi connectivity index (χ2n) is 10.0. The fourth-order valence-corrected chi connectivity index (χ4v) is 5.72. The summed E-state index contributed by atoms with van der Waals surface area (Å²) < 4.78 is 61.1. The summed E-state index contributed by atoms with van der Waals surface area (Å²) in [6.07, 6.45) is 1.33. The highest BCUT2D eigenvalue weighted by molar-refractivity contribution is 6.30. The van der Waals surface area contributed by atoms with Gasteiger partial charge < -0.3 is 20.1 Å². The predicted molar refractivity (Wildman–Crippen MR) is 140 cm³/mol. The van der Waals surface area contributed by atoms with Crippen molar-refractivity contribution in [2.45, 2.75) is 43.8 Å². The summed E-state index contributed by atoms with van der Waals surface area (Å²) in [5.74, 6) is -3.70. The van der Waals surface area contributed by atoms with Crippen LogP contribution in [0, 0.1) is 17.6 Å². The number of aromatic nitrogens is 2. The number of rotatable bonds is 7.